The molecule has 3 aromatic rings. The molecule has 0 saturated carbocycles. The molecule has 7 heteroatoms. The van der Waals surface area contributed by atoms with Crippen molar-refractivity contribution in [1.29, 1.82) is 0 Å². The molecule has 1 heterocycles. The van der Waals surface area contributed by atoms with Crippen molar-refractivity contribution in [2.75, 3.05) is 4.31 Å². The van der Waals surface area contributed by atoms with Crippen molar-refractivity contribution in [2.24, 2.45) is 0 Å². The average Bonchev–Trinajstić information content (AvgIpc) is 3.17. The van der Waals surface area contributed by atoms with Crippen LogP contribution in [0.2, 0.25) is 0 Å². The topological polar surface area (TPSA) is 80.0 Å². The van der Waals surface area contributed by atoms with E-state index in [9.17, 15) is 9.00 Å². The number of carbonyl (C=O) groups is 1. The third kappa shape index (κ3) is 4.61. The molecular weight excluding hydrogens is 378 g/mol. The van der Waals surface area contributed by atoms with Crippen molar-refractivity contribution in [3.05, 3.63) is 78.3 Å². The Bertz CT molecular complexity index is 950. The number of carboxylic acids is 1. The van der Waals surface area contributed by atoms with Gasteiger partial charge in [-0.1, -0.05) is 18.2 Å². The molecule has 1 aromatic heterocycles. The zero-order valence-corrected chi connectivity index (χ0v) is 16.4. The standard InChI is InChI=1S/C21H21NO5S/c1-15(2)22(28(25)19-6-4-3-5-7-19)16-8-10-17(11-9-16)26-14-18-12-13-20(27-18)21(23)24/h3-13,15H,14H2,1-2H3,(H,23,24). The van der Waals surface area contributed by atoms with Gasteiger partial charge in [0.2, 0.25) is 5.76 Å². The lowest BCUT2D eigenvalue weighted by molar-refractivity contribution is 0.0658. The van der Waals surface area contributed by atoms with Crippen molar-refractivity contribution in [3.63, 3.8) is 0 Å². The number of benzene rings is 2. The molecule has 1 unspecified atom stereocenters. The Morgan fingerprint density at radius 1 is 1.07 bits per heavy atom. The fraction of sp³-hybridized carbons (Fsp3) is 0.190. The number of hydrogen-bond donors (Lipinski definition) is 1. The number of hydrogen-bond acceptors (Lipinski definition) is 4. The second-order valence-electron chi connectivity index (χ2n) is 6.34. The van der Waals surface area contributed by atoms with Crippen LogP contribution in [0.15, 0.2) is 76.0 Å². The molecule has 0 aliphatic heterocycles. The van der Waals surface area contributed by atoms with E-state index in [4.69, 9.17) is 14.3 Å². The number of carboxylic acid groups (broad SMARTS) is 1. The SMILES string of the molecule is CC(C)N(c1ccc(OCc2ccc(C(=O)O)o2)cc1)S(=O)c1ccccc1. The van der Waals surface area contributed by atoms with E-state index in [2.05, 4.69) is 0 Å². The Kier molecular flexibility index (Phi) is 6.16. The number of ether oxygens (including phenoxy) is 1. The van der Waals surface area contributed by atoms with E-state index in [-0.39, 0.29) is 18.4 Å². The zero-order valence-electron chi connectivity index (χ0n) is 15.6. The van der Waals surface area contributed by atoms with E-state index in [0.717, 1.165) is 10.6 Å². The Hall–Kier alpha value is -3.06. The van der Waals surface area contributed by atoms with Crippen LogP contribution in [-0.2, 0) is 17.6 Å². The molecule has 28 heavy (non-hydrogen) atoms. The first-order chi connectivity index (χ1) is 13.5. The monoisotopic (exact) mass is 399 g/mol. The second-order valence-corrected chi connectivity index (χ2v) is 7.70. The lowest BCUT2D eigenvalue weighted by atomic mass is 10.2. The van der Waals surface area contributed by atoms with Gasteiger partial charge >= 0.3 is 5.97 Å². The van der Waals surface area contributed by atoms with Crippen LogP contribution in [0, 0.1) is 0 Å². The predicted octanol–water partition coefficient (Wildman–Crippen LogP) is 4.49. The molecule has 0 aliphatic rings. The van der Waals surface area contributed by atoms with Crippen molar-refractivity contribution in [3.8, 4) is 5.75 Å². The summed E-state index contributed by atoms with van der Waals surface area (Å²) in [7, 11) is -1.32. The number of anilines is 1. The minimum Gasteiger partial charge on any atom is -0.486 e. The van der Waals surface area contributed by atoms with Gasteiger partial charge in [-0.05, 0) is 62.4 Å². The maximum atomic E-state index is 13.0. The zero-order chi connectivity index (χ0) is 20.1. The van der Waals surface area contributed by atoms with Gasteiger partial charge in [-0.25, -0.2) is 9.00 Å². The molecule has 0 bridgehead atoms. The van der Waals surface area contributed by atoms with Crippen LogP contribution >= 0.6 is 0 Å². The highest BCUT2D eigenvalue weighted by Gasteiger charge is 2.19. The van der Waals surface area contributed by atoms with Gasteiger partial charge in [0.25, 0.3) is 0 Å². The highest BCUT2D eigenvalue weighted by molar-refractivity contribution is 7.86. The second kappa shape index (κ2) is 8.75. The molecule has 2 aromatic carbocycles. The average molecular weight is 399 g/mol. The summed E-state index contributed by atoms with van der Waals surface area (Å²) < 4.78 is 25.6. The lowest BCUT2D eigenvalue weighted by Gasteiger charge is -2.27. The first-order valence-corrected chi connectivity index (χ1v) is 9.87. The van der Waals surface area contributed by atoms with Crippen LogP contribution in [0.25, 0.3) is 0 Å². The fourth-order valence-electron chi connectivity index (χ4n) is 2.65. The molecule has 3 rings (SSSR count). The third-order valence-electron chi connectivity index (χ3n) is 3.94. The molecule has 0 spiro atoms. The van der Waals surface area contributed by atoms with Crippen molar-refractivity contribution >= 4 is 22.6 Å². The maximum absolute atomic E-state index is 13.0. The summed E-state index contributed by atoms with van der Waals surface area (Å²) in [6, 6.07) is 19.6. The van der Waals surface area contributed by atoms with Gasteiger partial charge in [-0.15, -0.1) is 0 Å². The maximum Gasteiger partial charge on any atom is 0.371 e. The van der Waals surface area contributed by atoms with Crippen molar-refractivity contribution < 1.29 is 23.3 Å². The predicted molar refractivity (Wildman–Crippen MR) is 107 cm³/mol. The first kappa shape index (κ1) is 19.7. The molecule has 0 saturated heterocycles. The van der Waals surface area contributed by atoms with Gasteiger partial charge < -0.3 is 14.3 Å². The molecule has 0 aliphatic carbocycles. The van der Waals surface area contributed by atoms with Gasteiger partial charge in [0.05, 0.1) is 10.6 Å². The minimum atomic E-state index is -1.32. The number of furan rings is 1. The normalized spacial score (nSPS) is 12.0. The Morgan fingerprint density at radius 3 is 2.32 bits per heavy atom. The van der Waals surface area contributed by atoms with E-state index in [1.54, 1.807) is 18.2 Å². The van der Waals surface area contributed by atoms with E-state index < -0.39 is 17.0 Å². The van der Waals surface area contributed by atoms with Crippen molar-refractivity contribution in [1.82, 2.24) is 0 Å². The van der Waals surface area contributed by atoms with Crippen LogP contribution in [0.3, 0.4) is 0 Å². The summed E-state index contributed by atoms with van der Waals surface area (Å²) in [4.78, 5) is 11.6. The minimum absolute atomic E-state index is 0.0327. The van der Waals surface area contributed by atoms with E-state index in [1.165, 1.54) is 6.07 Å². The van der Waals surface area contributed by atoms with Crippen molar-refractivity contribution in [2.45, 2.75) is 31.4 Å². The fourth-order valence-corrected chi connectivity index (χ4v) is 3.96. The summed E-state index contributed by atoms with van der Waals surface area (Å²) >= 11 is 0. The highest BCUT2D eigenvalue weighted by Crippen LogP contribution is 2.26. The van der Waals surface area contributed by atoms with Gasteiger partial charge in [0.15, 0.2) is 11.0 Å². The van der Waals surface area contributed by atoms with Crippen LogP contribution in [-0.4, -0.2) is 21.3 Å². The van der Waals surface area contributed by atoms with Crippen LogP contribution in [0.5, 0.6) is 5.75 Å². The first-order valence-electron chi connectivity index (χ1n) is 8.76. The van der Waals surface area contributed by atoms with Crippen LogP contribution in [0.1, 0.15) is 30.2 Å². The Morgan fingerprint density at radius 2 is 1.75 bits per heavy atom. The molecule has 6 nitrogen and oxygen atoms in total. The number of aromatic carboxylic acids is 1. The molecule has 0 fully saturated rings. The lowest BCUT2D eigenvalue weighted by Crippen LogP contribution is -2.32. The summed E-state index contributed by atoms with van der Waals surface area (Å²) in [6.07, 6.45) is 0. The molecular formula is C21H21NO5S. The molecule has 0 radical (unpaired) electrons. The quantitative estimate of drug-likeness (QED) is 0.603. The van der Waals surface area contributed by atoms with Crippen LogP contribution in [0.4, 0.5) is 5.69 Å². The summed E-state index contributed by atoms with van der Waals surface area (Å²) in [5, 5.41) is 8.87. The van der Waals surface area contributed by atoms with Gasteiger partial charge in [-0.2, -0.15) is 0 Å². The van der Waals surface area contributed by atoms with Gasteiger partial charge in [0.1, 0.15) is 18.1 Å². The smallest absolute Gasteiger partial charge is 0.371 e. The highest BCUT2D eigenvalue weighted by atomic mass is 32.2. The molecule has 0 amide bonds. The Labute approximate surface area is 166 Å². The Balaban J connectivity index is 1.70. The summed E-state index contributed by atoms with van der Waals surface area (Å²) in [5.74, 6) is -0.206. The molecule has 1 atom stereocenters. The summed E-state index contributed by atoms with van der Waals surface area (Å²) in [6.45, 7) is 4.10. The van der Waals surface area contributed by atoms with E-state index in [0.29, 0.717) is 11.5 Å². The number of rotatable bonds is 8. The van der Waals surface area contributed by atoms with E-state index in [1.807, 2.05) is 60.6 Å². The van der Waals surface area contributed by atoms with Gasteiger partial charge in [0, 0.05) is 6.04 Å². The van der Waals surface area contributed by atoms with E-state index >= 15 is 0 Å². The number of nitrogens with zero attached hydrogens (tertiary/aromatic N) is 1. The van der Waals surface area contributed by atoms with Gasteiger partial charge in [-0.3, -0.25) is 4.31 Å². The largest absolute Gasteiger partial charge is 0.486 e. The third-order valence-corrected chi connectivity index (χ3v) is 5.60. The molecule has 1 N–H and O–H groups in total. The molecule has 146 valence electrons. The summed E-state index contributed by atoms with van der Waals surface area (Å²) in [5.41, 5.74) is 0.815. The van der Waals surface area contributed by atoms with Crippen LogP contribution < -0.4 is 9.04 Å².